The molecule has 0 aliphatic rings. The van der Waals surface area contributed by atoms with Gasteiger partial charge in [0.2, 0.25) is 0 Å². The lowest BCUT2D eigenvalue weighted by Crippen LogP contribution is -1.87. The fourth-order valence-electron chi connectivity index (χ4n) is 0.654. The van der Waals surface area contributed by atoms with Gasteiger partial charge in [-0.2, -0.15) is 0 Å². The predicted octanol–water partition coefficient (Wildman–Crippen LogP) is 1.53. The van der Waals surface area contributed by atoms with Gasteiger partial charge in [-0.25, -0.2) is 0 Å². The molecule has 0 fully saturated rings. The van der Waals surface area contributed by atoms with E-state index in [1.165, 1.54) is 15.5 Å². The smallest absolute Gasteiger partial charge is 0.303 e. The Balaban J connectivity index is 2.62. The number of carbonyl (C=O) groups is 1. The first-order valence-corrected chi connectivity index (χ1v) is 5.35. The van der Waals surface area contributed by atoms with Crippen molar-refractivity contribution in [3.05, 3.63) is 0 Å². The molecular formula is C6H12MgO. The SMILES string of the molecule is CC[CH2][Mg][CH2]CC=O. The largest absolute Gasteiger partial charge is 0.364 e. The van der Waals surface area contributed by atoms with Crippen molar-refractivity contribution in [2.24, 2.45) is 0 Å². The van der Waals surface area contributed by atoms with Gasteiger partial charge in [0.15, 0.2) is 0 Å². The summed E-state index contributed by atoms with van der Waals surface area (Å²) in [7, 11) is 0. The van der Waals surface area contributed by atoms with Crippen LogP contribution in [-0.2, 0) is 4.79 Å². The second-order valence-corrected chi connectivity index (χ2v) is 4.14. The molecule has 0 aromatic rings. The number of aldehydes is 1. The van der Waals surface area contributed by atoms with Gasteiger partial charge in [-0.1, -0.05) is 13.3 Å². The minimum absolute atomic E-state index is 0.169. The summed E-state index contributed by atoms with van der Waals surface area (Å²) in [6.45, 7) is 2.20. The van der Waals surface area contributed by atoms with E-state index >= 15 is 0 Å². The van der Waals surface area contributed by atoms with Crippen LogP contribution in [0.1, 0.15) is 19.8 Å². The highest BCUT2D eigenvalue weighted by molar-refractivity contribution is 6.35. The molecule has 2 heteroatoms. The fraction of sp³-hybridized carbons (Fsp3) is 0.833. The fourth-order valence-corrected chi connectivity index (χ4v) is 1.96. The highest BCUT2D eigenvalue weighted by atomic mass is 24.5. The lowest BCUT2D eigenvalue weighted by Gasteiger charge is -1.86. The highest BCUT2D eigenvalue weighted by Gasteiger charge is 1.90. The minimum atomic E-state index is 0.169. The number of hydrogen-bond donors (Lipinski definition) is 0. The second kappa shape index (κ2) is 7.44. The van der Waals surface area contributed by atoms with Gasteiger partial charge in [0, 0.05) is 0 Å². The number of hydrogen-bond acceptors (Lipinski definition) is 1. The molecule has 0 saturated heterocycles. The first-order chi connectivity index (χ1) is 3.91. The van der Waals surface area contributed by atoms with Crippen molar-refractivity contribution in [2.75, 3.05) is 0 Å². The van der Waals surface area contributed by atoms with Crippen LogP contribution in [0.5, 0.6) is 0 Å². The van der Waals surface area contributed by atoms with Crippen LogP contribution < -0.4 is 0 Å². The summed E-state index contributed by atoms with van der Waals surface area (Å²) in [5.41, 5.74) is 0. The molecule has 0 heterocycles. The summed E-state index contributed by atoms with van der Waals surface area (Å²) < 4.78 is 2.63. The van der Waals surface area contributed by atoms with Gasteiger partial charge in [-0.3, -0.25) is 0 Å². The Morgan fingerprint density at radius 1 is 1.50 bits per heavy atom. The van der Waals surface area contributed by atoms with E-state index in [2.05, 4.69) is 6.92 Å². The topological polar surface area (TPSA) is 17.1 Å². The normalized spacial score (nSPS) is 8.12. The van der Waals surface area contributed by atoms with Gasteiger partial charge >= 0.3 is 20.4 Å². The standard InChI is InChI=1S/C3H5O.C3H7.Mg/c1-2-3-4;1-3-2;/h3H,1-2H2;1,3H2,2H3;. The van der Waals surface area contributed by atoms with Gasteiger partial charge in [-0.15, -0.1) is 9.10 Å². The summed E-state index contributed by atoms with van der Waals surface area (Å²) in [5.74, 6) is 0. The molecule has 0 amide bonds. The minimum Gasteiger partial charge on any atom is -0.303 e. The molecule has 0 aromatic heterocycles. The van der Waals surface area contributed by atoms with E-state index < -0.39 is 0 Å². The molecule has 1 nitrogen and oxygen atoms in total. The van der Waals surface area contributed by atoms with Crippen LogP contribution in [0, 0.1) is 0 Å². The number of rotatable bonds is 5. The van der Waals surface area contributed by atoms with E-state index in [0.29, 0.717) is 0 Å². The molecule has 0 rings (SSSR count). The van der Waals surface area contributed by atoms with E-state index in [9.17, 15) is 4.79 Å². The summed E-state index contributed by atoms with van der Waals surface area (Å²) in [6, 6.07) is 0. The molecule has 0 spiro atoms. The Kier molecular flexibility index (Phi) is 7.84. The average Bonchev–Trinajstić information content (AvgIpc) is 1.81. The van der Waals surface area contributed by atoms with E-state index in [0.717, 1.165) is 12.7 Å². The number of carbonyl (C=O) groups excluding carboxylic acids is 1. The quantitative estimate of drug-likeness (QED) is 0.309. The Bertz CT molecular complexity index is 54.5. The van der Waals surface area contributed by atoms with Crippen molar-refractivity contribution in [3.8, 4) is 0 Å². The molecule has 0 saturated carbocycles. The lowest BCUT2D eigenvalue weighted by atomic mass is 10.5. The van der Waals surface area contributed by atoms with Gasteiger partial charge < -0.3 is 4.79 Å². The van der Waals surface area contributed by atoms with Gasteiger partial charge in [0.1, 0.15) is 6.29 Å². The Hall–Kier alpha value is 0.436. The summed E-state index contributed by atoms with van der Waals surface area (Å²) in [5, 5.41) is 0. The second-order valence-electron chi connectivity index (χ2n) is 2.02. The summed E-state index contributed by atoms with van der Waals surface area (Å²) >= 11 is 0.169. The van der Waals surface area contributed by atoms with Crippen LogP contribution in [0.25, 0.3) is 0 Å². The molecule has 8 heavy (non-hydrogen) atoms. The lowest BCUT2D eigenvalue weighted by molar-refractivity contribution is -0.107. The molecule has 0 aliphatic carbocycles. The van der Waals surface area contributed by atoms with Gasteiger partial charge in [-0.05, 0) is 6.42 Å². The molecular weight excluding hydrogens is 112 g/mol. The highest BCUT2D eigenvalue weighted by Crippen LogP contribution is 1.91. The van der Waals surface area contributed by atoms with Crippen molar-refractivity contribution in [1.82, 2.24) is 0 Å². The first kappa shape index (κ1) is 8.44. The van der Waals surface area contributed by atoms with E-state index in [1.807, 2.05) is 0 Å². The Morgan fingerprint density at radius 3 is 2.75 bits per heavy atom. The van der Waals surface area contributed by atoms with Crippen molar-refractivity contribution in [2.45, 2.75) is 28.9 Å². The molecule has 0 atom stereocenters. The van der Waals surface area contributed by atoms with Crippen molar-refractivity contribution in [3.63, 3.8) is 0 Å². The molecule has 0 radical (unpaired) electrons. The monoisotopic (exact) mass is 124 g/mol. The van der Waals surface area contributed by atoms with Crippen LogP contribution in [0.4, 0.5) is 0 Å². The van der Waals surface area contributed by atoms with Crippen molar-refractivity contribution in [1.29, 1.82) is 0 Å². The summed E-state index contributed by atoms with van der Waals surface area (Å²) in [6.07, 6.45) is 3.15. The maximum absolute atomic E-state index is 9.79. The van der Waals surface area contributed by atoms with E-state index in [-0.39, 0.29) is 20.4 Å². The van der Waals surface area contributed by atoms with Crippen LogP contribution >= 0.6 is 0 Å². The van der Waals surface area contributed by atoms with E-state index in [4.69, 9.17) is 0 Å². The molecule has 44 valence electrons. The van der Waals surface area contributed by atoms with Crippen LogP contribution in [-0.4, -0.2) is 26.7 Å². The van der Waals surface area contributed by atoms with Crippen LogP contribution in [0.2, 0.25) is 9.10 Å². The van der Waals surface area contributed by atoms with E-state index in [1.54, 1.807) is 0 Å². The zero-order valence-corrected chi connectivity index (χ0v) is 6.94. The molecule has 0 N–H and O–H groups in total. The zero-order valence-electron chi connectivity index (χ0n) is 5.52. The molecule has 0 bridgehead atoms. The van der Waals surface area contributed by atoms with Gasteiger partial charge in [0.05, 0.1) is 0 Å². The molecule has 0 aromatic carbocycles. The van der Waals surface area contributed by atoms with Crippen molar-refractivity contribution < 1.29 is 4.79 Å². The predicted molar refractivity (Wildman–Crippen MR) is 36.3 cm³/mol. The van der Waals surface area contributed by atoms with Crippen LogP contribution in [0.15, 0.2) is 0 Å². The maximum Gasteiger partial charge on any atom is 0.364 e. The summed E-state index contributed by atoms with van der Waals surface area (Å²) in [4.78, 5) is 9.79. The third-order valence-corrected chi connectivity index (χ3v) is 3.29. The third-order valence-electron chi connectivity index (χ3n) is 1.18. The molecule has 0 aliphatic heterocycles. The van der Waals surface area contributed by atoms with Gasteiger partial charge in [0.25, 0.3) is 0 Å². The maximum atomic E-state index is 9.79. The Labute approximate surface area is 60.6 Å². The third kappa shape index (κ3) is 6.44. The van der Waals surface area contributed by atoms with Crippen molar-refractivity contribution >= 4 is 26.7 Å². The molecule has 0 unspecified atom stereocenters. The van der Waals surface area contributed by atoms with Crippen LogP contribution in [0.3, 0.4) is 0 Å². The zero-order chi connectivity index (χ0) is 6.24. The Morgan fingerprint density at radius 2 is 2.25 bits per heavy atom. The average molecular weight is 124 g/mol. The first-order valence-electron chi connectivity index (χ1n) is 3.35.